The van der Waals surface area contributed by atoms with Gasteiger partial charge in [-0.05, 0) is 24.3 Å². The first-order valence-corrected chi connectivity index (χ1v) is 7.28. The van der Waals surface area contributed by atoms with Crippen LogP contribution in [0.25, 0.3) is 0 Å². The maximum absolute atomic E-state index is 13.7. The van der Waals surface area contributed by atoms with Crippen LogP contribution in [0.4, 0.5) is 23.2 Å². The number of rotatable bonds is 4. The van der Waals surface area contributed by atoms with Crippen LogP contribution in [0, 0.1) is 5.82 Å². The summed E-state index contributed by atoms with van der Waals surface area (Å²) in [5.41, 5.74) is -1.27. The van der Waals surface area contributed by atoms with Crippen molar-refractivity contribution in [1.29, 1.82) is 0 Å². The van der Waals surface area contributed by atoms with E-state index in [0.717, 1.165) is 37.5 Å². The van der Waals surface area contributed by atoms with Gasteiger partial charge in [-0.3, -0.25) is 0 Å². The number of halogens is 4. The minimum atomic E-state index is -5.07. The molecule has 0 saturated carbocycles. The molecule has 0 fully saturated rings. The number of hydrogen-bond acceptors (Lipinski definition) is 6. The third kappa shape index (κ3) is 4.66. The molecule has 1 aliphatic heterocycles. The molecule has 2 rings (SSSR count). The second-order valence-electron chi connectivity index (χ2n) is 4.98. The number of anilines is 1. The van der Waals surface area contributed by atoms with E-state index in [0.29, 0.717) is 6.07 Å². The molecular weight excluding hydrogens is 374 g/mol. The van der Waals surface area contributed by atoms with Crippen molar-refractivity contribution < 1.29 is 41.4 Å². The molecule has 10 heteroatoms. The quantitative estimate of drug-likeness (QED) is 0.584. The minimum absolute atomic E-state index is 0.309. The lowest BCUT2D eigenvalue weighted by Gasteiger charge is -2.25. The van der Waals surface area contributed by atoms with Crippen LogP contribution in [-0.4, -0.2) is 32.5 Å². The summed E-state index contributed by atoms with van der Waals surface area (Å²) in [6.45, 7) is 0. The number of carbonyl (C=O) groups excluding carboxylic acids is 2. The Morgan fingerprint density at radius 2 is 1.70 bits per heavy atom. The van der Waals surface area contributed by atoms with Gasteiger partial charge in [-0.1, -0.05) is 6.08 Å². The highest BCUT2D eigenvalue weighted by Crippen LogP contribution is 2.37. The number of benzene rings is 1. The molecule has 144 valence electrons. The predicted molar refractivity (Wildman–Crippen MR) is 84.9 cm³/mol. The van der Waals surface area contributed by atoms with Crippen LogP contribution in [0.5, 0.6) is 5.75 Å². The normalized spacial score (nSPS) is 14.1. The van der Waals surface area contributed by atoms with Gasteiger partial charge in [0.15, 0.2) is 5.75 Å². The van der Waals surface area contributed by atoms with Gasteiger partial charge in [0, 0.05) is 12.3 Å². The molecule has 0 N–H and O–H groups in total. The summed E-state index contributed by atoms with van der Waals surface area (Å²) in [6.07, 6.45) is -0.0461. The van der Waals surface area contributed by atoms with Crippen molar-refractivity contribution in [3.63, 3.8) is 0 Å². The van der Waals surface area contributed by atoms with E-state index in [1.165, 1.54) is 18.2 Å². The molecule has 0 aliphatic carbocycles. The lowest BCUT2D eigenvalue weighted by molar-refractivity contribution is -0.274. The van der Waals surface area contributed by atoms with Gasteiger partial charge < -0.3 is 19.1 Å². The highest BCUT2D eigenvalue weighted by Gasteiger charge is 2.35. The summed E-state index contributed by atoms with van der Waals surface area (Å²) >= 11 is 0. The zero-order valence-electron chi connectivity index (χ0n) is 14.0. The summed E-state index contributed by atoms with van der Waals surface area (Å²) < 4.78 is 65.0. The van der Waals surface area contributed by atoms with Crippen LogP contribution in [-0.2, 0) is 19.1 Å². The summed E-state index contributed by atoms with van der Waals surface area (Å²) in [5, 5.41) is 0. The van der Waals surface area contributed by atoms with Crippen LogP contribution in [0.2, 0.25) is 0 Å². The van der Waals surface area contributed by atoms with Crippen molar-refractivity contribution in [1.82, 2.24) is 0 Å². The van der Waals surface area contributed by atoms with Crippen LogP contribution in [0.1, 0.15) is 0 Å². The number of carbonyl (C=O) groups is 2. The second-order valence-corrected chi connectivity index (χ2v) is 4.98. The largest absolute Gasteiger partial charge is 0.573 e. The number of hydrogen-bond donors (Lipinski definition) is 0. The summed E-state index contributed by atoms with van der Waals surface area (Å²) in [5.74, 6) is -3.70. The second kappa shape index (κ2) is 7.94. The molecule has 0 bridgehead atoms. The van der Waals surface area contributed by atoms with Gasteiger partial charge in [0.05, 0.1) is 25.5 Å². The highest BCUT2D eigenvalue weighted by molar-refractivity contribution is 6.05. The number of nitrogens with zero attached hydrogens (tertiary/aromatic N) is 1. The zero-order valence-corrected chi connectivity index (χ0v) is 14.0. The van der Waals surface area contributed by atoms with E-state index in [1.807, 2.05) is 0 Å². The molecule has 6 nitrogen and oxygen atoms in total. The van der Waals surface area contributed by atoms with Crippen LogP contribution < -0.4 is 9.64 Å². The molecule has 0 radical (unpaired) electrons. The Kier molecular flexibility index (Phi) is 5.88. The van der Waals surface area contributed by atoms with Crippen molar-refractivity contribution >= 4 is 17.6 Å². The average molecular weight is 387 g/mol. The van der Waals surface area contributed by atoms with Crippen molar-refractivity contribution in [2.45, 2.75) is 6.36 Å². The molecule has 0 amide bonds. The van der Waals surface area contributed by atoms with Crippen molar-refractivity contribution in [3.8, 4) is 5.75 Å². The maximum Gasteiger partial charge on any atom is 0.573 e. The first-order valence-electron chi connectivity index (χ1n) is 7.28. The van der Waals surface area contributed by atoms with Gasteiger partial charge >= 0.3 is 18.3 Å². The zero-order chi connectivity index (χ0) is 20.2. The van der Waals surface area contributed by atoms with Crippen molar-refractivity contribution in [2.75, 3.05) is 19.1 Å². The first-order chi connectivity index (χ1) is 12.7. The number of methoxy groups -OCH3 is 2. The first kappa shape index (κ1) is 20.0. The minimum Gasteiger partial charge on any atom is -0.465 e. The van der Waals surface area contributed by atoms with E-state index in [9.17, 15) is 27.2 Å². The van der Waals surface area contributed by atoms with Crippen LogP contribution in [0.15, 0.2) is 53.9 Å². The van der Waals surface area contributed by atoms with Gasteiger partial charge in [-0.25, -0.2) is 14.0 Å². The Bertz CT molecular complexity index is 842. The van der Waals surface area contributed by atoms with E-state index in [1.54, 1.807) is 0 Å². The molecule has 1 aromatic rings. The van der Waals surface area contributed by atoms with E-state index in [4.69, 9.17) is 0 Å². The molecular formula is C17H13F4NO5. The fourth-order valence-corrected chi connectivity index (χ4v) is 2.24. The average Bonchev–Trinajstić information content (AvgIpc) is 2.83. The summed E-state index contributed by atoms with van der Waals surface area (Å²) in [7, 11) is 2.07. The number of ether oxygens (including phenoxy) is 3. The monoisotopic (exact) mass is 387 g/mol. The standard InChI is InChI=1S/C17H13F4NO5/c1-25-15(23)11-5-3-4-8-22(14(11)16(24)26-2)12-9-10(18)6-7-13(12)27-17(19,20)21/h3-9H,1-2H3. The SMILES string of the molecule is COC(=O)C1=C(C(=O)OC)N(c2cc(F)ccc2OC(F)(F)F)C=CC=C1. The Labute approximate surface area is 150 Å². The number of esters is 2. The molecule has 1 aromatic carbocycles. The fourth-order valence-electron chi connectivity index (χ4n) is 2.24. The van der Waals surface area contributed by atoms with Gasteiger partial charge in [-0.15, -0.1) is 13.2 Å². The lowest BCUT2D eigenvalue weighted by atomic mass is 10.1. The Hall–Kier alpha value is -3.30. The maximum atomic E-state index is 13.7. The lowest BCUT2D eigenvalue weighted by Crippen LogP contribution is -2.28. The van der Waals surface area contributed by atoms with Crippen LogP contribution in [0.3, 0.4) is 0 Å². The topological polar surface area (TPSA) is 65.1 Å². The molecule has 1 aliphatic rings. The van der Waals surface area contributed by atoms with Gasteiger partial charge in [0.25, 0.3) is 0 Å². The molecule has 0 atom stereocenters. The molecule has 0 spiro atoms. The molecule has 27 heavy (non-hydrogen) atoms. The fraction of sp³-hybridized carbons (Fsp3) is 0.176. The highest BCUT2D eigenvalue weighted by atomic mass is 19.4. The molecule has 0 unspecified atom stereocenters. The third-order valence-electron chi connectivity index (χ3n) is 3.30. The van der Waals surface area contributed by atoms with Crippen molar-refractivity contribution in [2.24, 2.45) is 0 Å². The predicted octanol–water partition coefficient (Wildman–Crippen LogP) is 3.21. The Balaban J connectivity index is 2.72. The number of allylic oxidation sites excluding steroid dienone is 2. The van der Waals surface area contributed by atoms with E-state index in [2.05, 4.69) is 14.2 Å². The third-order valence-corrected chi connectivity index (χ3v) is 3.30. The van der Waals surface area contributed by atoms with Crippen molar-refractivity contribution in [3.05, 3.63) is 59.7 Å². The number of alkyl halides is 3. The van der Waals surface area contributed by atoms with Gasteiger partial charge in [0.1, 0.15) is 11.5 Å². The van der Waals surface area contributed by atoms with Gasteiger partial charge in [0.2, 0.25) is 0 Å². The molecule has 0 saturated heterocycles. The van der Waals surface area contributed by atoms with E-state index >= 15 is 0 Å². The Morgan fingerprint density at radius 3 is 2.30 bits per heavy atom. The van der Waals surface area contributed by atoms with Crippen LogP contribution >= 0.6 is 0 Å². The smallest absolute Gasteiger partial charge is 0.465 e. The Morgan fingerprint density at radius 1 is 1.04 bits per heavy atom. The molecule has 0 aromatic heterocycles. The summed E-state index contributed by atoms with van der Waals surface area (Å²) in [6, 6.07) is 2.22. The summed E-state index contributed by atoms with van der Waals surface area (Å²) in [4.78, 5) is 25.1. The van der Waals surface area contributed by atoms with E-state index < -0.39 is 41.3 Å². The van der Waals surface area contributed by atoms with Gasteiger partial charge in [-0.2, -0.15) is 0 Å². The molecule has 1 heterocycles. The van der Waals surface area contributed by atoms with E-state index in [-0.39, 0.29) is 5.57 Å².